The van der Waals surface area contributed by atoms with Crippen molar-refractivity contribution in [3.05, 3.63) is 54.7 Å². The van der Waals surface area contributed by atoms with Gasteiger partial charge < -0.3 is 25.0 Å². The smallest absolute Gasteiger partial charge is 0.215 e. The number of rotatable bonds is 3. The minimum atomic E-state index is 0.240. The Morgan fingerprint density at radius 1 is 0.949 bits per heavy atom. The first kappa shape index (κ1) is 24.6. The molecule has 4 aromatic rings. The van der Waals surface area contributed by atoms with Gasteiger partial charge >= 0.3 is 0 Å². The van der Waals surface area contributed by atoms with Crippen molar-refractivity contribution in [2.24, 2.45) is 0 Å². The van der Waals surface area contributed by atoms with E-state index in [-0.39, 0.29) is 5.75 Å². The van der Waals surface area contributed by atoms with Crippen LogP contribution in [0.15, 0.2) is 54.7 Å². The van der Waals surface area contributed by atoms with Gasteiger partial charge in [0.25, 0.3) is 0 Å². The highest BCUT2D eigenvalue weighted by molar-refractivity contribution is 6.00. The van der Waals surface area contributed by atoms with E-state index in [9.17, 15) is 5.11 Å². The second-order valence-corrected chi connectivity index (χ2v) is 11.5. The summed E-state index contributed by atoms with van der Waals surface area (Å²) >= 11 is 0. The van der Waals surface area contributed by atoms with Crippen LogP contribution in [0.5, 0.6) is 11.6 Å². The molecule has 202 valence electrons. The summed E-state index contributed by atoms with van der Waals surface area (Å²) in [5.41, 5.74) is 4.62. The van der Waals surface area contributed by atoms with Crippen LogP contribution in [0.2, 0.25) is 0 Å². The molecule has 2 N–H and O–H groups in total. The molecular formula is C32H37N5O2. The van der Waals surface area contributed by atoms with Gasteiger partial charge in [-0.25, -0.2) is 4.98 Å². The number of anilines is 1. The highest BCUT2D eigenvalue weighted by atomic mass is 16.5. The number of nitrogens with zero attached hydrogens (tertiary/aromatic N) is 4. The van der Waals surface area contributed by atoms with Crippen LogP contribution >= 0.6 is 0 Å². The number of phenolic OH excluding ortho intramolecular Hbond substituents is 1. The van der Waals surface area contributed by atoms with Gasteiger partial charge in [0.05, 0.1) is 18.3 Å². The maximum absolute atomic E-state index is 10.3. The molecule has 4 fully saturated rings. The third kappa shape index (κ3) is 4.79. The van der Waals surface area contributed by atoms with Crippen molar-refractivity contribution in [3.63, 3.8) is 0 Å². The monoisotopic (exact) mass is 523 g/mol. The molecule has 2 unspecified atom stereocenters. The van der Waals surface area contributed by atoms with Gasteiger partial charge in [-0.3, -0.25) is 4.98 Å². The second-order valence-electron chi connectivity index (χ2n) is 11.5. The van der Waals surface area contributed by atoms with Crippen LogP contribution in [0.3, 0.4) is 0 Å². The van der Waals surface area contributed by atoms with Gasteiger partial charge in [-0.2, -0.15) is 0 Å². The van der Waals surface area contributed by atoms with Crippen molar-refractivity contribution >= 4 is 27.5 Å². The maximum atomic E-state index is 10.3. The summed E-state index contributed by atoms with van der Waals surface area (Å²) < 4.78 is 5.54. The first-order valence-corrected chi connectivity index (χ1v) is 14.5. The molecule has 4 aliphatic rings. The van der Waals surface area contributed by atoms with Crippen molar-refractivity contribution < 1.29 is 9.84 Å². The van der Waals surface area contributed by atoms with E-state index in [1.165, 1.54) is 51.6 Å². The molecule has 2 aromatic carbocycles. The quantitative estimate of drug-likeness (QED) is 0.375. The third-order valence-electron chi connectivity index (χ3n) is 9.01. The van der Waals surface area contributed by atoms with E-state index in [4.69, 9.17) is 14.7 Å². The fourth-order valence-corrected chi connectivity index (χ4v) is 7.14. The van der Waals surface area contributed by atoms with Gasteiger partial charge in [0.1, 0.15) is 11.3 Å². The predicted molar refractivity (Wildman–Crippen MR) is 157 cm³/mol. The molecule has 0 saturated carbocycles. The molecule has 0 amide bonds. The van der Waals surface area contributed by atoms with Crippen molar-refractivity contribution in [1.29, 1.82) is 0 Å². The average molecular weight is 524 g/mol. The van der Waals surface area contributed by atoms with Crippen molar-refractivity contribution in [2.45, 2.75) is 56.7 Å². The molecule has 2 atom stereocenters. The summed E-state index contributed by atoms with van der Waals surface area (Å²) in [6, 6.07) is 17.8. The minimum Gasteiger partial charge on any atom is -0.508 e. The zero-order valence-electron chi connectivity index (χ0n) is 22.6. The molecular weight excluding hydrogens is 486 g/mol. The largest absolute Gasteiger partial charge is 0.508 e. The van der Waals surface area contributed by atoms with Gasteiger partial charge in [0.15, 0.2) is 0 Å². The number of hydrogen-bond acceptors (Lipinski definition) is 7. The normalized spacial score (nSPS) is 22.7. The van der Waals surface area contributed by atoms with E-state index in [2.05, 4.69) is 21.2 Å². The Morgan fingerprint density at radius 3 is 2.46 bits per heavy atom. The Bertz CT molecular complexity index is 1480. The molecule has 4 saturated heterocycles. The fraction of sp³-hybridized carbons (Fsp3) is 0.438. The first-order valence-electron chi connectivity index (χ1n) is 14.5. The Kier molecular flexibility index (Phi) is 6.49. The van der Waals surface area contributed by atoms with Gasteiger partial charge in [-0.15, -0.1) is 0 Å². The summed E-state index contributed by atoms with van der Waals surface area (Å²) in [4.78, 5) is 14.6. The maximum Gasteiger partial charge on any atom is 0.215 e. The summed E-state index contributed by atoms with van der Waals surface area (Å²) in [6.07, 6.45) is 10.2. The van der Waals surface area contributed by atoms with Crippen LogP contribution in [0.1, 0.15) is 38.5 Å². The van der Waals surface area contributed by atoms with E-state index < -0.39 is 0 Å². The molecule has 0 aliphatic carbocycles. The van der Waals surface area contributed by atoms with E-state index in [1.54, 1.807) is 19.2 Å². The molecule has 8 rings (SSSR count). The molecule has 7 heteroatoms. The second kappa shape index (κ2) is 10.3. The van der Waals surface area contributed by atoms with E-state index in [0.29, 0.717) is 18.0 Å². The lowest BCUT2D eigenvalue weighted by Crippen LogP contribution is -2.51. The lowest BCUT2D eigenvalue weighted by atomic mass is 9.98. The fourth-order valence-electron chi connectivity index (χ4n) is 7.14. The summed E-state index contributed by atoms with van der Waals surface area (Å²) in [5, 5.41) is 16.0. The van der Waals surface area contributed by atoms with Crippen LogP contribution in [0, 0.1) is 0 Å². The molecule has 6 heterocycles. The molecule has 7 nitrogen and oxygen atoms in total. The number of fused-ring (bicyclic) bond motifs is 5. The Morgan fingerprint density at radius 2 is 1.72 bits per heavy atom. The molecule has 0 radical (unpaired) electrons. The lowest BCUT2D eigenvalue weighted by Gasteiger charge is -2.35. The van der Waals surface area contributed by atoms with E-state index >= 15 is 0 Å². The number of nitrogens with one attached hydrogen (secondary N) is 1. The zero-order valence-corrected chi connectivity index (χ0v) is 22.6. The number of aromatic nitrogens is 2. The van der Waals surface area contributed by atoms with Crippen molar-refractivity contribution in [2.75, 3.05) is 38.2 Å². The van der Waals surface area contributed by atoms with Crippen LogP contribution in [0.25, 0.3) is 32.9 Å². The van der Waals surface area contributed by atoms with Crippen LogP contribution < -0.4 is 15.0 Å². The van der Waals surface area contributed by atoms with E-state index in [1.807, 2.05) is 36.5 Å². The summed E-state index contributed by atoms with van der Waals surface area (Å²) in [7, 11) is 1.65. The number of pyridine rings is 2. The van der Waals surface area contributed by atoms with Crippen molar-refractivity contribution in [1.82, 2.24) is 20.2 Å². The minimum absolute atomic E-state index is 0.240. The third-order valence-corrected chi connectivity index (χ3v) is 9.01. The van der Waals surface area contributed by atoms with Crippen molar-refractivity contribution in [3.8, 4) is 22.8 Å². The van der Waals surface area contributed by atoms with E-state index in [0.717, 1.165) is 57.8 Å². The Balaban J connectivity index is 0.000000269. The number of methoxy groups -OCH3 is 1. The highest BCUT2D eigenvalue weighted by Gasteiger charge is 2.33. The van der Waals surface area contributed by atoms with Crippen LogP contribution in [-0.4, -0.2) is 71.4 Å². The number of benzene rings is 2. The van der Waals surface area contributed by atoms with Crippen LogP contribution in [0.4, 0.5) is 5.69 Å². The molecule has 39 heavy (non-hydrogen) atoms. The number of ether oxygens (including phenoxy) is 1. The number of hydrogen-bond donors (Lipinski definition) is 2. The van der Waals surface area contributed by atoms with Gasteiger partial charge in [-0.1, -0.05) is 24.3 Å². The number of phenols is 1. The molecule has 2 aromatic heterocycles. The Hall–Kier alpha value is -3.42. The predicted octanol–water partition coefficient (Wildman–Crippen LogP) is 5.35. The van der Waals surface area contributed by atoms with Gasteiger partial charge in [-0.05, 0) is 86.1 Å². The number of piperazine rings is 1. The zero-order chi connectivity index (χ0) is 26.3. The SMILES string of the molecule is C1CC2CCCN2C1.COc1cc(N2CC3CCC(C2)N3)c2ncc(-c3cc(O)cc4ccccc34)cc2n1. The van der Waals surface area contributed by atoms with Gasteiger partial charge in [0, 0.05) is 49.0 Å². The first-order chi connectivity index (χ1) is 19.1. The highest BCUT2D eigenvalue weighted by Crippen LogP contribution is 2.36. The summed E-state index contributed by atoms with van der Waals surface area (Å²) in [6.45, 7) is 4.73. The molecule has 0 spiro atoms. The van der Waals surface area contributed by atoms with Crippen LogP contribution in [-0.2, 0) is 0 Å². The Labute approximate surface area is 229 Å². The lowest BCUT2D eigenvalue weighted by molar-refractivity contribution is 0.325. The molecule has 4 aliphatic heterocycles. The number of aromatic hydroxyl groups is 1. The topological polar surface area (TPSA) is 73.8 Å². The standard InChI is InChI=1S/C25H24N4O2.C7H13N/c1-31-24-11-23(29-13-17-6-7-18(14-29)27-17)25-22(28-24)9-16(12-26-25)21-10-19(30)8-15-4-2-3-5-20(15)21;1-3-7-4-2-6-8(7)5-1/h2-5,8-12,17-18,27,30H,6-7,13-14H2,1H3;7H,1-6H2. The molecule has 2 bridgehead atoms. The average Bonchev–Trinajstić information content (AvgIpc) is 3.69. The van der Waals surface area contributed by atoms with Gasteiger partial charge in [0.2, 0.25) is 5.88 Å². The summed E-state index contributed by atoms with van der Waals surface area (Å²) in [5.74, 6) is 0.831.